The minimum atomic E-state index is -0.822. The van der Waals surface area contributed by atoms with E-state index >= 15 is 0 Å². The summed E-state index contributed by atoms with van der Waals surface area (Å²) in [5, 5.41) is 12.7. The lowest BCUT2D eigenvalue weighted by molar-refractivity contribution is 0.230. The van der Waals surface area contributed by atoms with Crippen molar-refractivity contribution in [3.05, 3.63) is 35.0 Å². The molecular weight excluding hydrogens is 315 g/mol. The third kappa shape index (κ3) is 3.32. The van der Waals surface area contributed by atoms with Crippen LogP contribution in [0.5, 0.6) is 5.75 Å². The highest BCUT2D eigenvalue weighted by molar-refractivity contribution is 9.10. The predicted octanol–water partition coefficient (Wildman–Crippen LogP) is 3.73. The van der Waals surface area contributed by atoms with E-state index in [1.807, 2.05) is 6.07 Å². The van der Waals surface area contributed by atoms with E-state index in [0.717, 1.165) is 4.47 Å². The Morgan fingerprint density at radius 3 is 2.95 bits per heavy atom. The van der Waals surface area contributed by atoms with Gasteiger partial charge in [-0.15, -0.1) is 0 Å². The molecule has 0 radical (unpaired) electrons. The van der Waals surface area contributed by atoms with Crippen molar-refractivity contribution in [1.29, 1.82) is 5.26 Å². The van der Waals surface area contributed by atoms with Gasteiger partial charge in [0.1, 0.15) is 23.8 Å². The second kappa shape index (κ2) is 6.34. The molecule has 1 aromatic heterocycles. The van der Waals surface area contributed by atoms with Gasteiger partial charge in [-0.3, -0.25) is 4.39 Å². The maximum absolute atomic E-state index is 12.3. The molecule has 0 saturated carbocycles. The van der Waals surface area contributed by atoms with Crippen LogP contribution in [0.2, 0.25) is 0 Å². The van der Waals surface area contributed by atoms with Crippen LogP contribution < -0.4 is 4.74 Å². The number of aromatic nitrogens is 1. The van der Waals surface area contributed by atoms with E-state index in [0.29, 0.717) is 17.0 Å². The van der Waals surface area contributed by atoms with Crippen LogP contribution in [-0.2, 0) is 0 Å². The van der Waals surface area contributed by atoms with Crippen LogP contribution in [0, 0.1) is 11.3 Å². The van der Waals surface area contributed by atoms with Crippen molar-refractivity contribution in [2.45, 2.75) is 12.5 Å². The van der Waals surface area contributed by atoms with Gasteiger partial charge in [0.05, 0.1) is 6.67 Å². The van der Waals surface area contributed by atoms with Gasteiger partial charge < -0.3 is 9.26 Å². The average Bonchev–Trinajstić information content (AvgIpc) is 2.94. The summed E-state index contributed by atoms with van der Waals surface area (Å²) in [4.78, 5) is 0. The third-order valence-corrected chi connectivity index (χ3v) is 2.93. The minimum Gasteiger partial charge on any atom is -0.475 e. The Bertz CT molecular complexity index is 581. The second-order valence-corrected chi connectivity index (χ2v) is 4.65. The molecule has 4 nitrogen and oxygen atoms in total. The summed E-state index contributed by atoms with van der Waals surface area (Å²) in [6.45, 7) is -0.603. The first-order valence-corrected chi connectivity index (χ1v) is 6.36. The van der Waals surface area contributed by atoms with Crippen molar-refractivity contribution >= 4 is 15.9 Å². The molecule has 0 bridgehead atoms. The molecule has 19 heavy (non-hydrogen) atoms. The summed E-state index contributed by atoms with van der Waals surface area (Å²) in [6.07, 6.45) is 0.658. The fourth-order valence-corrected chi connectivity index (χ4v) is 1.92. The molecule has 6 heteroatoms. The van der Waals surface area contributed by atoms with Gasteiger partial charge in [0.2, 0.25) is 0 Å². The Labute approximate surface area is 117 Å². The normalized spacial score (nSPS) is 11.8. The van der Waals surface area contributed by atoms with Crippen molar-refractivity contribution in [3.8, 4) is 23.1 Å². The number of alkyl halides is 1. The van der Waals surface area contributed by atoms with Gasteiger partial charge in [-0.1, -0.05) is 21.1 Å². The third-order valence-electron chi connectivity index (χ3n) is 2.44. The summed E-state index contributed by atoms with van der Waals surface area (Å²) < 4.78 is 23.5. The lowest BCUT2D eigenvalue weighted by atomic mass is 10.1. The summed E-state index contributed by atoms with van der Waals surface area (Å²) >= 11 is 3.36. The fourth-order valence-electron chi connectivity index (χ4n) is 1.56. The van der Waals surface area contributed by atoms with Gasteiger partial charge in [0, 0.05) is 22.5 Å². The highest BCUT2D eigenvalue weighted by Gasteiger charge is 2.15. The SMILES string of the molecule is N#CC(CCF)Oc1ccc(Br)cc1-c1ccon1. The smallest absolute Gasteiger partial charge is 0.187 e. The molecule has 2 aromatic rings. The summed E-state index contributed by atoms with van der Waals surface area (Å²) in [6, 6.07) is 8.89. The number of ether oxygens (including phenoxy) is 1. The number of hydrogen-bond donors (Lipinski definition) is 0. The molecule has 0 saturated heterocycles. The molecule has 1 unspecified atom stereocenters. The molecule has 1 heterocycles. The first-order chi connectivity index (χ1) is 9.24. The lowest BCUT2D eigenvalue weighted by Crippen LogP contribution is -2.15. The molecule has 0 aliphatic carbocycles. The monoisotopic (exact) mass is 324 g/mol. The van der Waals surface area contributed by atoms with Gasteiger partial charge in [-0.05, 0) is 18.2 Å². The van der Waals surface area contributed by atoms with Gasteiger partial charge in [-0.2, -0.15) is 5.26 Å². The molecule has 2 rings (SSSR count). The van der Waals surface area contributed by atoms with Crippen molar-refractivity contribution in [3.63, 3.8) is 0 Å². The molecule has 1 atom stereocenters. The Hall–Kier alpha value is -1.87. The maximum atomic E-state index is 12.3. The lowest BCUT2D eigenvalue weighted by Gasteiger charge is -2.13. The second-order valence-electron chi connectivity index (χ2n) is 3.74. The number of nitrogens with zero attached hydrogens (tertiary/aromatic N) is 2. The Kier molecular flexibility index (Phi) is 4.53. The summed E-state index contributed by atoms with van der Waals surface area (Å²) in [5.74, 6) is 0.470. The highest BCUT2D eigenvalue weighted by Crippen LogP contribution is 2.32. The molecule has 1 aromatic carbocycles. The minimum absolute atomic E-state index is 0.0326. The summed E-state index contributed by atoms with van der Waals surface area (Å²) in [5.41, 5.74) is 1.27. The summed E-state index contributed by atoms with van der Waals surface area (Å²) in [7, 11) is 0. The predicted molar refractivity (Wildman–Crippen MR) is 70.3 cm³/mol. The molecule has 0 spiro atoms. The van der Waals surface area contributed by atoms with E-state index in [1.165, 1.54) is 6.26 Å². The van der Waals surface area contributed by atoms with Crippen molar-refractivity contribution in [2.75, 3.05) is 6.67 Å². The molecule has 98 valence electrons. The molecule has 0 aliphatic rings. The van der Waals surface area contributed by atoms with Crippen LogP contribution in [0.25, 0.3) is 11.3 Å². The van der Waals surface area contributed by atoms with Crippen LogP contribution in [-0.4, -0.2) is 17.9 Å². The van der Waals surface area contributed by atoms with Crippen LogP contribution in [0.4, 0.5) is 4.39 Å². The zero-order valence-electron chi connectivity index (χ0n) is 9.85. The number of hydrogen-bond acceptors (Lipinski definition) is 4. The number of benzene rings is 1. The molecular formula is C13H10BrFN2O2. The number of rotatable bonds is 5. The van der Waals surface area contributed by atoms with Crippen molar-refractivity contribution in [1.82, 2.24) is 5.16 Å². The van der Waals surface area contributed by atoms with Crippen LogP contribution >= 0.6 is 15.9 Å². The topological polar surface area (TPSA) is 59.0 Å². The number of nitriles is 1. The van der Waals surface area contributed by atoms with E-state index in [-0.39, 0.29) is 6.42 Å². The van der Waals surface area contributed by atoms with Gasteiger partial charge >= 0.3 is 0 Å². The fraction of sp³-hybridized carbons (Fsp3) is 0.231. The standard InChI is InChI=1S/C13H10BrFN2O2/c14-9-1-2-13(19-10(8-16)3-5-15)11(7-9)12-4-6-18-17-12/h1-2,4,6-7,10H,3,5H2. The largest absolute Gasteiger partial charge is 0.475 e. The quantitative estimate of drug-likeness (QED) is 0.840. The van der Waals surface area contributed by atoms with Crippen molar-refractivity contribution < 1.29 is 13.7 Å². The molecule has 0 N–H and O–H groups in total. The Morgan fingerprint density at radius 2 is 2.32 bits per heavy atom. The first-order valence-electron chi connectivity index (χ1n) is 5.57. The molecule has 0 aliphatic heterocycles. The Morgan fingerprint density at radius 1 is 1.47 bits per heavy atom. The zero-order valence-corrected chi connectivity index (χ0v) is 11.4. The number of halogens is 2. The van der Waals surface area contributed by atoms with E-state index in [1.54, 1.807) is 24.3 Å². The maximum Gasteiger partial charge on any atom is 0.187 e. The molecule has 0 fully saturated rings. The van der Waals surface area contributed by atoms with Gasteiger partial charge in [-0.25, -0.2) is 0 Å². The van der Waals surface area contributed by atoms with E-state index < -0.39 is 12.8 Å². The van der Waals surface area contributed by atoms with E-state index in [9.17, 15) is 4.39 Å². The van der Waals surface area contributed by atoms with Crippen LogP contribution in [0.1, 0.15) is 6.42 Å². The van der Waals surface area contributed by atoms with Crippen molar-refractivity contribution in [2.24, 2.45) is 0 Å². The van der Waals surface area contributed by atoms with Gasteiger partial charge in [0.25, 0.3) is 0 Å². The van der Waals surface area contributed by atoms with Gasteiger partial charge in [0.15, 0.2) is 6.10 Å². The van der Waals surface area contributed by atoms with Crippen LogP contribution in [0.3, 0.4) is 0 Å². The average molecular weight is 325 g/mol. The zero-order chi connectivity index (χ0) is 13.7. The van der Waals surface area contributed by atoms with E-state index in [2.05, 4.69) is 21.1 Å². The van der Waals surface area contributed by atoms with Crippen LogP contribution in [0.15, 0.2) is 39.5 Å². The highest BCUT2D eigenvalue weighted by atomic mass is 79.9. The molecule has 0 amide bonds. The first kappa shape index (κ1) is 13.6. The Balaban J connectivity index is 2.33. The van der Waals surface area contributed by atoms with E-state index in [4.69, 9.17) is 14.5 Å².